The molecule has 0 amide bonds. The van der Waals surface area contributed by atoms with E-state index in [9.17, 15) is 0 Å². The van der Waals surface area contributed by atoms with Crippen LogP contribution in [0.1, 0.15) is 31.5 Å². The number of hydrogen-bond donors (Lipinski definition) is 1. The predicted molar refractivity (Wildman–Crippen MR) is 66.5 cm³/mol. The van der Waals surface area contributed by atoms with Crippen molar-refractivity contribution < 1.29 is 0 Å². The van der Waals surface area contributed by atoms with Gasteiger partial charge < -0.3 is 5.73 Å². The van der Waals surface area contributed by atoms with Gasteiger partial charge in [-0.3, -0.25) is 0 Å². The van der Waals surface area contributed by atoms with E-state index < -0.39 is 0 Å². The summed E-state index contributed by atoms with van der Waals surface area (Å²) in [5.74, 6) is 0. The zero-order chi connectivity index (χ0) is 9.84. The van der Waals surface area contributed by atoms with E-state index in [1.807, 2.05) is 12.1 Å². The van der Waals surface area contributed by atoms with E-state index in [2.05, 4.69) is 50.4 Å². The van der Waals surface area contributed by atoms with Gasteiger partial charge in [0.15, 0.2) is 0 Å². The van der Waals surface area contributed by atoms with E-state index in [0.717, 1.165) is 26.7 Å². The minimum Gasteiger partial charge on any atom is -0.323 e. The lowest BCUT2D eigenvalue weighted by molar-refractivity contribution is 0.620. The summed E-state index contributed by atoms with van der Waals surface area (Å²) in [6.07, 6.45) is 2.08. The monoisotopic (exact) mass is 354 g/mol. The zero-order valence-corrected chi connectivity index (χ0v) is 11.2. The van der Waals surface area contributed by atoms with Crippen molar-refractivity contribution in [3.63, 3.8) is 0 Å². The van der Waals surface area contributed by atoms with Crippen molar-refractivity contribution in [2.75, 3.05) is 0 Å². The van der Waals surface area contributed by atoms with Gasteiger partial charge in [0, 0.05) is 9.61 Å². The minimum atomic E-state index is 0.0679. The Kier molecular flexibility index (Phi) is 4.61. The molecule has 0 saturated carbocycles. The molecule has 2 N–H and O–H groups in total. The lowest BCUT2D eigenvalue weighted by Gasteiger charge is -2.09. The second kappa shape index (κ2) is 5.26. The fourth-order valence-electron chi connectivity index (χ4n) is 1.10. The Morgan fingerprint density at radius 3 is 2.85 bits per heavy atom. The molecule has 0 aliphatic carbocycles. The molecule has 0 fully saturated rings. The van der Waals surface area contributed by atoms with Gasteiger partial charge >= 0.3 is 0 Å². The molecule has 1 aromatic rings. The summed E-state index contributed by atoms with van der Waals surface area (Å²) >= 11 is 5.63. The van der Waals surface area contributed by atoms with Crippen LogP contribution < -0.4 is 5.73 Å². The fourth-order valence-corrected chi connectivity index (χ4v) is 1.73. The van der Waals surface area contributed by atoms with Crippen LogP contribution in [0.2, 0.25) is 0 Å². The summed E-state index contributed by atoms with van der Waals surface area (Å²) in [4.78, 5) is 4.38. The minimum absolute atomic E-state index is 0.0679. The van der Waals surface area contributed by atoms with Crippen LogP contribution in [0.5, 0.6) is 0 Å². The summed E-state index contributed by atoms with van der Waals surface area (Å²) < 4.78 is 2.00. The van der Waals surface area contributed by atoms with Crippen molar-refractivity contribution in [1.29, 1.82) is 0 Å². The van der Waals surface area contributed by atoms with Gasteiger partial charge in [-0.2, -0.15) is 0 Å². The van der Waals surface area contributed by atoms with Crippen molar-refractivity contribution in [3.05, 3.63) is 26.0 Å². The first-order chi connectivity index (χ1) is 6.15. The summed E-state index contributed by atoms with van der Waals surface area (Å²) in [6.45, 7) is 2.13. The van der Waals surface area contributed by atoms with Crippen molar-refractivity contribution in [3.8, 4) is 0 Å². The van der Waals surface area contributed by atoms with Crippen LogP contribution >= 0.6 is 38.5 Å². The van der Waals surface area contributed by atoms with Gasteiger partial charge in [0.1, 0.15) is 4.60 Å². The second-order valence-electron chi connectivity index (χ2n) is 2.90. The standard InChI is InChI=1S/C9H12BrIN2/c1-2-3-7(12)8-5-4-6(11)9(10)13-8/h4-5,7H,2-3,12H2,1H3/t7-/m0/s1. The van der Waals surface area contributed by atoms with Crippen LogP contribution in [-0.4, -0.2) is 4.98 Å². The topological polar surface area (TPSA) is 38.9 Å². The molecule has 1 atom stereocenters. The third-order valence-corrected chi connectivity index (χ3v) is 4.02. The second-order valence-corrected chi connectivity index (χ2v) is 4.82. The Balaban J connectivity index is 2.84. The summed E-state index contributed by atoms with van der Waals surface area (Å²) in [5, 5.41) is 0. The van der Waals surface area contributed by atoms with Gasteiger partial charge in [-0.1, -0.05) is 13.3 Å². The first-order valence-electron chi connectivity index (χ1n) is 4.22. The molecule has 4 heteroatoms. The summed E-state index contributed by atoms with van der Waals surface area (Å²) in [7, 11) is 0. The van der Waals surface area contributed by atoms with Crippen LogP contribution in [0.15, 0.2) is 16.7 Å². The molecule has 1 heterocycles. The van der Waals surface area contributed by atoms with Crippen molar-refractivity contribution in [1.82, 2.24) is 4.98 Å². The molecule has 0 spiro atoms. The predicted octanol–water partition coefficient (Wildman–Crippen LogP) is 3.25. The third-order valence-electron chi connectivity index (χ3n) is 1.80. The Morgan fingerprint density at radius 1 is 1.62 bits per heavy atom. The zero-order valence-electron chi connectivity index (χ0n) is 7.43. The van der Waals surface area contributed by atoms with Gasteiger partial charge in [0.25, 0.3) is 0 Å². The van der Waals surface area contributed by atoms with Crippen molar-refractivity contribution >= 4 is 38.5 Å². The van der Waals surface area contributed by atoms with Gasteiger partial charge in [-0.05, 0) is 57.1 Å². The molecule has 0 saturated heterocycles. The Bertz CT molecular complexity index is 291. The van der Waals surface area contributed by atoms with E-state index in [1.165, 1.54) is 0 Å². The molecule has 2 nitrogen and oxygen atoms in total. The molecule has 0 radical (unpaired) electrons. The highest BCUT2D eigenvalue weighted by molar-refractivity contribution is 14.1. The van der Waals surface area contributed by atoms with Crippen LogP contribution in [0.3, 0.4) is 0 Å². The number of hydrogen-bond acceptors (Lipinski definition) is 2. The summed E-state index contributed by atoms with van der Waals surface area (Å²) in [6, 6.07) is 4.09. The number of rotatable bonds is 3. The van der Waals surface area contributed by atoms with Crippen LogP contribution in [0, 0.1) is 3.57 Å². The van der Waals surface area contributed by atoms with Crippen LogP contribution in [0.4, 0.5) is 0 Å². The highest BCUT2D eigenvalue weighted by atomic mass is 127. The summed E-state index contributed by atoms with van der Waals surface area (Å²) in [5.41, 5.74) is 6.91. The molecule has 13 heavy (non-hydrogen) atoms. The first kappa shape index (κ1) is 11.4. The molecule has 72 valence electrons. The molecular formula is C9H12BrIN2. The Hall–Kier alpha value is 0.320. The average Bonchev–Trinajstić information content (AvgIpc) is 2.10. The maximum Gasteiger partial charge on any atom is 0.119 e. The normalized spacial score (nSPS) is 12.9. The number of pyridine rings is 1. The quantitative estimate of drug-likeness (QED) is 0.668. The van der Waals surface area contributed by atoms with Gasteiger partial charge in [-0.25, -0.2) is 4.98 Å². The highest BCUT2D eigenvalue weighted by Gasteiger charge is 2.07. The number of nitrogens with zero attached hydrogens (tertiary/aromatic N) is 1. The maximum atomic E-state index is 5.94. The van der Waals surface area contributed by atoms with E-state index >= 15 is 0 Å². The van der Waals surface area contributed by atoms with Gasteiger partial charge in [0.05, 0.1) is 5.69 Å². The SMILES string of the molecule is CCC[C@H](N)c1ccc(I)c(Br)n1. The third kappa shape index (κ3) is 3.18. The molecule has 1 rings (SSSR count). The number of halogens is 2. The molecule has 0 aromatic carbocycles. The molecule has 0 aliphatic rings. The number of nitrogens with two attached hydrogens (primary N) is 1. The van der Waals surface area contributed by atoms with E-state index in [0.29, 0.717) is 0 Å². The highest BCUT2D eigenvalue weighted by Crippen LogP contribution is 2.20. The van der Waals surface area contributed by atoms with Gasteiger partial charge in [0.2, 0.25) is 0 Å². The smallest absolute Gasteiger partial charge is 0.119 e. The van der Waals surface area contributed by atoms with Crippen molar-refractivity contribution in [2.24, 2.45) is 5.73 Å². The molecule has 0 bridgehead atoms. The maximum absolute atomic E-state index is 5.94. The largest absolute Gasteiger partial charge is 0.323 e. The van der Waals surface area contributed by atoms with Gasteiger partial charge in [-0.15, -0.1) is 0 Å². The molecule has 1 aromatic heterocycles. The lowest BCUT2D eigenvalue weighted by atomic mass is 10.1. The number of aromatic nitrogens is 1. The Labute approximate surface area is 101 Å². The van der Waals surface area contributed by atoms with Crippen LogP contribution in [-0.2, 0) is 0 Å². The molecule has 0 unspecified atom stereocenters. The average molecular weight is 355 g/mol. The van der Waals surface area contributed by atoms with Crippen molar-refractivity contribution in [2.45, 2.75) is 25.8 Å². The Morgan fingerprint density at radius 2 is 2.31 bits per heavy atom. The van der Waals surface area contributed by atoms with E-state index in [-0.39, 0.29) is 6.04 Å². The first-order valence-corrected chi connectivity index (χ1v) is 6.09. The molecular weight excluding hydrogens is 343 g/mol. The lowest BCUT2D eigenvalue weighted by Crippen LogP contribution is -2.11. The van der Waals surface area contributed by atoms with E-state index in [4.69, 9.17) is 5.73 Å². The van der Waals surface area contributed by atoms with E-state index in [1.54, 1.807) is 0 Å². The van der Waals surface area contributed by atoms with Crippen LogP contribution in [0.25, 0.3) is 0 Å². The molecule has 0 aliphatic heterocycles. The fraction of sp³-hybridized carbons (Fsp3) is 0.444.